The van der Waals surface area contributed by atoms with Gasteiger partial charge in [-0.1, -0.05) is 0 Å². The van der Waals surface area contributed by atoms with E-state index in [1.165, 1.54) is 0 Å². The molecule has 1 N–H and O–H groups in total. The van der Waals surface area contributed by atoms with Crippen molar-refractivity contribution in [1.29, 1.82) is 0 Å². The van der Waals surface area contributed by atoms with Crippen LogP contribution in [0.15, 0.2) is 36.2 Å². The number of benzene rings is 1. The van der Waals surface area contributed by atoms with E-state index in [4.69, 9.17) is 0 Å². The zero-order valence-corrected chi connectivity index (χ0v) is 11.9. The zero-order valence-electron chi connectivity index (χ0n) is 11.0. The van der Waals surface area contributed by atoms with Gasteiger partial charge in [-0.3, -0.25) is 4.79 Å². The van der Waals surface area contributed by atoms with Gasteiger partial charge >= 0.3 is 0 Å². The van der Waals surface area contributed by atoms with E-state index in [9.17, 15) is 4.79 Å². The summed E-state index contributed by atoms with van der Waals surface area (Å²) >= 11 is 1.57. The molecule has 5 nitrogen and oxygen atoms in total. The number of fused-ring (bicyclic) bond motifs is 1. The predicted octanol–water partition coefficient (Wildman–Crippen LogP) is 2.44. The van der Waals surface area contributed by atoms with Gasteiger partial charge in [0, 0.05) is 18.3 Å². The lowest BCUT2D eigenvalue weighted by molar-refractivity contribution is 0.0950. The molecule has 20 heavy (non-hydrogen) atoms. The largest absolute Gasteiger partial charge is 0.346 e. The molecule has 2 aromatic heterocycles. The van der Waals surface area contributed by atoms with Gasteiger partial charge in [-0.05, 0) is 25.1 Å². The van der Waals surface area contributed by atoms with E-state index in [0.717, 1.165) is 22.5 Å². The molecule has 0 aliphatic heterocycles. The number of aromatic nitrogens is 3. The summed E-state index contributed by atoms with van der Waals surface area (Å²) in [5.41, 5.74) is 4.27. The Morgan fingerprint density at radius 2 is 2.35 bits per heavy atom. The van der Waals surface area contributed by atoms with Crippen LogP contribution in [-0.2, 0) is 13.1 Å². The van der Waals surface area contributed by atoms with Gasteiger partial charge in [0.05, 0.1) is 34.3 Å². The maximum atomic E-state index is 12.1. The number of imidazole rings is 1. The number of aryl methyl sites for hydroxylation is 1. The summed E-state index contributed by atoms with van der Waals surface area (Å²) in [6.07, 6.45) is 3.54. The number of carbonyl (C=O) groups is 1. The number of hydrogen-bond donors (Lipinski definition) is 1. The average Bonchev–Trinajstić information content (AvgIpc) is 3.12. The molecule has 0 atom stereocenters. The van der Waals surface area contributed by atoms with Gasteiger partial charge < -0.3 is 9.88 Å². The van der Waals surface area contributed by atoms with Crippen molar-refractivity contribution in [2.45, 2.75) is 20.0 Å². The van der Waals surface area contributed by atoms with Crippen molar-refractivity contribution in [3.8, 4) is 0 Å². The summed E-state index contributed by atoms with van der Waals surface area (Å²) in [6, 6.07) is 5.57. The average molecular weight is 286 g/mol. The molecule has 6 heteroatoms. The number of rotatable bonds is 4. The SMILES string of the molecule is CCn1cncc1CNC(=O)c1ccc2scnc2c1. The molecule has 0 radical (unpaired) electrons. The minimum absolute atomic E-state index is 0.0937. The molecular formula is C14H14N4OS. The fourth-order valence-electron chi connectivity index (χ4n) is 2.05. The van der Waals surface area contributed by atoms with Gasteiger partial charge in [0.15, 0.2) is 0 Å². The molecule has 0 bridgehead atoms. The molecule has 0 saturated carbocycles. The first-order valence-electron chi connectivity index (χ1n) is 6.38. The quantitative estimate of drug-likeness (QED) is 0.801. The van der Waals surface area contributed by atoms with Crippen molar-refractivity contribution >= 4 is 27.5 Å². The van der Waals surface area contributed by atoms with Crippen molar-refractivity contribution < 1.29 is 4.79 Å². The van der Waals surface area contributed by atoms with E-state index < -0.39 is 0 Å². The molecule has 1 aromatic carbocycles. The van der Waals surface area contributed by atoms with E-state index in [1.807, 2.05) is 29.7 Å². The van der Waals surface area contributed by atoms with Crippen molar-refractivity contribution in [2.75, 3.05) is 0 Å². The second-order valence-corrected chi connectivity index (χ2v) is 5.27. The maximum Gasteiger partial charge on any atom is 0.251 e. The summed E-state index contributed by atoms with van der Waals surface area (Å²) in [7, 11) is 0. The summed E-state index contributed by atoms with van der Waals surface area (Å²) in [5, 5.41) is 2.91. The van der Waals surface area contributed by atoms with E-state index in [0.29, 0.717) is 12.1 Å². The second kappa shape index (κ2) is 5.42. The number of thiazole rings is 1. The van der Waals surface area contributed by atoms with Crippen molar-refractivity contribution in [3.05, 3.63) is 47.5 Å². The predicted molar refractivity (Wildman–Crippen MR) is 78.7 cm³/mol. The number of hydrogen-bond acceptors (Lipinski definition) is 4. The first-order valence-corrected chi connectivity index (χ1v) is 7.26. The molecule has 1 amide bonds. The normalized spacial score (nSPS) is 10.8. The van der Waals surface area contributed by atoms with Gasteiger partial charge in [-0.15, -0.1) is 11.3 Å². The lowest BCUT2D eigenvalue weighted by Crippen LogP contribution is -2.24. The lowest BCUT2D eigenvalue weighted by Gasteiger charge is -2.07. The van der Waals surface area contributed by atoms with Gasteiger partial charge in [0.1, 0.15) is 0 Å². The highest BCUT2D eigenvalue weighted by Crippen LogP contribution is 2.18. The fraction of sp³-hybridized carbons (Fsp3) is 0.214. The van der Waals surface area contributed by atoms with Crippen LogP contribution < -0.4 is 5.32 Å². The number of carbonyl (C=O) groups excluding carboxylic acids is 1. The van der Waals surface area contributed by atoms with Crippen LogP contribution in [0.3, 0.4) is 0 Å². The van der Waals surface area contributed by atoms with E-state index in [1.54, 1.807) is 29.4 Å². The van der Waals surface area contributed by atoms with Crippen LogP contribution in [0, 0.1) is 0 Å². The Labute approximate surface area is 120 Å². The summed E-state index contributed by atoms with van der Waals surface area (Å²) in [6.45, 7) is 3.36. The second-order valence-electron chi connectivity index (χ2n) is 4.39. The van der Waals surface area contributed by atoms with Gasteiger partial charge in [0.25, 0.3) is 5.91 Å². The van der Waals surface area contributed by atoms with E-state index >= 15 is 0 Å². The summed E-state index contributed by atoms with van der Waals surface area (Å²) in [4.78, 5) is 20.4. The molecule has 0 aliphatic rings. The van der Waals surface area contributed by atoms with E-state index in [-0.39, 0.29) is 5.91 Å². The molecule has 0 spiro atoms. The molecule has 3 aromatic rings. The summed E-state index contributed by atoms with van der Waals surface area (Å²) in [5.74, 6) is -0.0937. The Kier molecular flexibility index (Phi) is 3.47. The fourth-order valence-corrected chi connectivity index (χ4v) is 2.71. The first-order chi connectivity index (χ1) is 9.78. The number of nitrogens with one attached hydrogen (secondary N) is 1. The molecule has 102 valence electrons. The van der Waals surface area contributed by atoms with Gasteiger partial charge in [-0.2, -0.15) is 0 Å². The van der Waals surface area contributed by atoms with Crippen LogP contribution in [0.5, 0.6) is 0 Å². The Hall–Kier alpha value is -2.21. The molecule has 0 saturated heterocycles. The van der Waals surface area contributed by atoms with Gasteiger partial charge in [0.2, 0.25) is 0 Å². The molecule has 0 unspecified atom stereocenters. The van der Waals surface area contributed by atoms with Crippen LogP contribution in [-0.4, -0.2) is 20.4 Å². The molecule has 0 aliphatic carbocycles. The standard InChI is InChI=1S/C14H14N4OS/c1-2-18-8-15-6-11(18)7-16-14(19)10-3-4-13-12(5-10)17-9-20-13/h3-6,8-9H,2,7H2,1H3,(H,16,19). The summed E-state index contributed by atoms with van der Waals surface area (Å²) < 4.78 is 3.09. The molecule has 3 rings (SSSR count). The highest BCUT2D eigenvalue weighted by atomic mass is 32.1. The third-order valence-electron chi connectivity index (χ3n) is 3.16. The van der Waals surface area contributed by atoms with Crippen molar-refractivity contribution in [1.82, 2.24) is 19.9 Å². The van der Waals surface area contributed by atoms with Crippen molar-refractivity contribution in [2.24, 2.45) is 0 Å². The van der Waals surface area contributed by atoms with Crippen LogP contribution in [0.1, 0.15) is 23.0 Å². The minimum atomic E-state index is -0.0937. The highest BCUT2D eigenvalue weighted by Gasteiger charge is 2.08. The molecule has 2 heterocycles. The smallest absolute Gasteiger partial charge is 0.251 e. The third-order valence-corrected chi connectivity index (χ3v) is 3.97. The van der Waals surface area contributed by atoms with Crippen molar-refractivity contribution in [3.63, 3.8) is 0 Å². The van der Waals surface area contributed by atoms with E-state index in [2.05, 4.69) is 15.3 Å². The Morgan fingerprint density at radius 3 is 3.20 bits per heavy atom. The molecule has 0 fully saturated rings. The zero-order chi connectivity index (χ0) is 13.9. The minimum Gasteiger partial charge on any atom is -0.346 e. The monoisotopic (exact) mass is 286 g/mol. The van der Waals surface area contributed by atoms with Crippen LogP contribution in [0.25, 0.3) is 10.2 Å². The Morgan fingerprint density at radius 1 is 1.45 bits per heavy atom. The first kappa shape index (κ1) is 12.8. The topological polar surface area (TPSA) is 59.8 Å². The molecular weight excluding hydrogens is 272 g/mol. The van der Waals surface area contributed by atoms with Gasteiger partial charge in [-0.25, -0.2) is 9.97 Å². The highest BCUT2D eigenvalue weighted by molar-refractivity contribution is 7.16. The maximum absolute atomic E-state index is 12.1. The Bertz CT molecular complexity index is 746. The lowest BCUT2D eigenvalue weighted by atomic mass is 10.2. The number of amides is 1. The van der Waals surface area contributed by atoms with Crippen LogP contribution >= 0.6 is 11.3 Å². The number of nitrogens with zero attached hydrogens (tertiary/aromatic N) is 3. The third kappa shape index (κ3) is 2.42. The van der Waals surface area contributed by atoms with Crippen LogP contribution in [0.4, 0.5) is 0 Å². The van der Waals surface area contributed by atoms with Crippen LogP contribution in [0.2, 0.25) is 0 Å². The Balaban J connectivity index is 1.72.